The van der Waals surface area contributed by atoms with E-state index in [1.807, 2.05) is 0 Å². The van der Waals surface area contributed by atoms with E-state index in [0.717, 1.165) is 0 Å². The predicted octanol–water partition coefficient (Wildman–Crippen LogP) is -0.396. The Morgan fingerprint density at radius 1 is 1.75 bits per heavy atom. The van der Waals surface area contributed by atoms with E-state index in [4.69, 9.17) is 5.11 Å². The number of amides is 1. The fraction of sp³-hybridized carbons (Fsp3) is 0.250. The normalized spacial score (nSPS) is 9.42. The quantitative estimate of drug-likeness (QED) is 0.640. The lowest BCUT2D eigenvalue weighted by Crippen LogP contribution is -2.26. The van der Waals surface area contributed by atoms with Crippen LogP contribution in [0.5, 0.6) is 0 Å². The smallest absolute Gasteiger partial charge is 0.269 e. The van der Waals surface area contributed by atoms with Gasteiger partial charge in [0, 0.05) is 12.7 Å². The highest BCUT2D eigenvalue weighted by molar-refractivity contribution is 5.92. The monoisotopic (exact) mass is 165 g/mol. The molecule has 12 heavy (non-hydrogen) atoms. The van der Waals surface area contributed by atoms with Crippen LogP contribution in [0.15, 0.2) is 18.3 Å². The zero-order valence-corrected chi connectivity index (χ0v) is 6.45. The van der Waals surface area contributed by atoms with Crippen LogP contribution in [0, 0.1) is 6.07 Å². The minimum Gasteiger partial charge on any atom is -0.395 e. The Morgan fingerprint density at radius 3 is 3.17 bits per heavy atom. The summed E-state index contributed by atoms with van der Waals surface area (Å²) in [4.78, 5) is 14.9. The van der Waals surface area contributed by atoms with Crippen LogP contribution in [0.2, 0.25) is 0 Å². The van der Waals surface area contributed by atoms with Crippen molar-refractivity contribution >= 4 is 5.91 Å². The van der Waals surface area contributed by atoms with Crippen molar-refractivity contribution in [2.75, 3.05) is 13.2 Å². The number of aromatic nitrogens is 1. The Labute approximate surface area is 70.3 Å². The van der Waals surface area contributed by atoms with Gasteiger partial charge in [0.05, 0.1) is 6.61 Å². The van der Waals surface area contributed by atoms with Gasteiger partial charge >= 0.3 is 0 Å². The molecule has 1 aromatic rings. The molecule has 1 aromatic heterocycles. The lowest BCUT2D eigenvalue weighted by atomic mass is 10.3. The average Bonchev–Trinajstić information content (AvgIpc) is 2.15. The Bertz CT molecular complexity index is 248. The number of rotatable bonds is 3. The number of aliphatic hydroxyl groups is 1. The summed E-state index contributed by atoms with van der Waals surface area (Å²) in [6.45, 7) is 0.178. The highest BCUT2D eigenvalue weighted by atomic mass is 16.3. The molecule has 1 rings (SSSR count). The molecule has 1 heterocycles. The van der Waals surface area contributed by atoms with E-state index in [0.29, 0.717) is 5.69 Å². The summed E-state index contributed by atoms with van der Waals surface area (Å²) in [5.41, 5.74) is 0.311. The van der Waals surface area contributed by atoms with Gasteiger partial charge < -0.3 is 10.4 Å². The summed E-state index contributed by atoms with van der Waals surface area (Å²) >= 11 is 0. The number of pyridine rings is 1. The summed E-state index contributed by atoms with van der Waals surface area (Å²) in [6, 6.07) is 5.84. The zero-order chi connectivity index (χ0) is 8.81. The first-order valence-corrected chi connectivity index (χ1v) is 3.56. The van der Waals surface area contributed by atoms with E-state index < -0.39 is 0 Å². The first-order chi connectivity index (χ1) is 5.84. The molecular formula is C8H9N2O2. The van der Waals surface area contributed by atoms with Gasteiger partial charge in [-0.05, 0) is 18.2 Å². The van der Waals surface area contributed by atoms with Crippen molar-refractivity contribution in [1.29, 1.82) is 0 Å². The molecule has 1 amide bonds. The number of nitrogens with one attached hydrogen (secondary N) is 1. The van der Waals surface area contributed by atoms with Crippen LogP contribution in [0.25, 0.3) is 0 Å². The van der Waals surface area contributed by atoms with Crippen LogP contribution < -0.4 is 5.32 Å². The fourth-order valence-corrected chi connectivity index (χ4v) is 0.709. The second-order valence-electron chi connectivity index (χ2n) is 2.12. The predicted molar refractivity (Wildman–Crippen MR) is 42.5 cm³/mol. The minimum atomic E-state index is -0.291. The number of carbonyl (C=O) groups excluding carboxylic acids is 1. The largest absolute Gasteiger partial charge is 0.395 e. The molecule has 4 heteroatoms. The van der Waals surface area contributed by atoms with Crippen molar-refractivity contribution in [3.05, 3.63) is 30.1 Å². The maximum absolute atomic E-state index is 11.1. The van der Waals surface area contributed by atoms with Crippen molar-refractivity contribution in [2.45, 2.75) is 0 Å². The second kappa shape index (κ2) is 4.46. The van der Waals surface area contributed by atoms with E-state index in [1.54, 1.807) is 6.07 Å². The first-order valence-electron chi connectivity index (χ1n) is 3.56. The van der Waals surface area contributed by atoms with Crippen molar-refractivity contribution < 1.29 is 9.90 Å². The molecule has 4 nitrogen and oxygen atoms in total. The van der Waals surface area contributed by atoms with Crippen molar-refractivity contribution in [2.24, 2.45) is 0 Å². The van der Waals surface area contributed by atoms with E-state index >= 15 is 0 Å². The molecule has 2 N–H and O–H groups in total. The maximum Gasteiger partial charge on any atom is 0.269 e. The number of hydrogen-bond donors (Lipinski definition) is 2. The van der Waals surface area contributed by atoms with Gasteiger partial charge in [0.25, 0.3) is 5.91 Å². The Hall–Kier alpha value is -1.42. The molecule has 0 fully saturated rings. The van der Waals surface area contributed by atoms with Crippen molar-refractivity contribution in [1.82, 2.24) is 10.3 Å². The first kappa shape index (κ1) is 8.67. The summed E-state index contributed by atoms with van der Waals surface area (Å²) in [5.74, 6) is -0.291. The van der Waals surface area contributed by atoms with Crippen LogP contribution in [0.3, 0.4) is 0 Å². The molecule has 0 aromatic carbocycles. The highest BCUT2D eigenvalue weighted by Gasteiger charge is 2.03. The molecule has 0 spiro atoms. The van der Waals surface area contributed by atoms with Crippen LogP contribution in [-0.4, -0.2) is 29.1 Å². The molecule has 0 aliphatic rings. The van der Waals surface area contributed by atoms with Crippen LogP contribution in [0.1, 0.15) is 10.5 Å². The van der Waals surface area contributed by atoms with Gasteiger partial charge in [0.1, 0.15) is 5.69 Å². The van der Waals surface area contributed by atoms with Gasteiger partial charge in [-0.1, -0.05) is 0 Å². The highest BCUT2D eigenvalue weighted by Crippen LogP contribution is 1.90. The zero-order valence-electron chi connectivity index (χ0n) is 6.45. The molecule has 63 valence electrons. The summed E-state index contributed by atoms with van der Waals surface area (Å²) in [7, 11) is 0. The fourth-order valence-electron chi connectivity index (χ4n) is 0.709. The third kappa shape index (κ3) is 2.32. The summed E-state index contributed by atoms with van der Waals surface area (Å²) in [6.07, 6.45) is 1.49. The number of hydrogen-bond acceptors (Lipinski definition) is 3. The topological polar surface area (TPSA) is 62.2 Å². The van der Waals surface area contributed by atoms with Gasteiger partial charge in [0.2, 0.25) is 0 Å². The second-order valence-corrected chi connectivity index (χ2v) is 2.12. The number of aliphatic hydroxyl groups excluding tert-OH is 1. The summed E-state index contributed by atoms with van der Waals surface area (Å²) in [5, 5.41) is 10.9. The lowest BCUT2D eigenvalue weighted by molar-refractivity contribution is 0.0940. The van der Waals surface area contributed by atoms with Crippen molar-refractivity contribution in [3.63, 3.8) is 0 Å². The van der Waals surface area contributed by atoms with Crippen LogP contribution in [-0.2, 0) is 0 Å². The molecule has 0 unspecified atom stereocenters. The van der Waals surface area contributed by atoms with Crippen molar-refractivity contribution in [3.8, 4) is 0 Å². The Balaban J connectivity index is 2.54. The lowest BCUT2D eigenvalue weighted by Gasteiger charge is -2.00. The van der Waals surface area contributed by atoms with Gasteiger partial charge in [-0.2, -0.15) is 0 Å². The van der Waals surface area contributed by atoms with E-state index in [9.17, 15) is 4.79 Å². The van der Waals surface area contributed by atoms with Gasteiger partial charge in [-0.15, -0.1) is 0 Å². The SMILES string of the molecule is O=C(NCCO)c1c[c]ccn1. The molecular weight excluding hydrogens is 156 g/mol. The number of nitrogens with zero attached hydrogens (tertiary/aromatic N) is 1. The number of carbonyl (C=O) groups is 1. The molecule has 0 atom stereocenters. The third-order valence-corrected chi connectivity index (χ3v) is 1.23. The van der Waals surface area contributed by atoms with Gasteiger partial charge in [-0.25, -0.2) is 0 Å². The van der Waals surface area contributed by atoms with Crippen LogP contribution >= 0.6 is 0 Å². The third-order valence-electron chi connectivity index (χ3n) is 1.23. The molecule has 0 aliphatic heterocycles. The summed E-state index contributed by atoms with van der Waals surface area (Å²) < 4.78 is 0. The standard InChI is InChI=1S/C8H9N2O2/c11-6-5-10-8(12)7-3-1-2-4-9-7/h2-4,11H,5-6H2,(H,10,12). The minimum absolute atomic E-state index is 0.0672. The van der Waals surface area contributed by atoms with Gasteiger partial charge in [0.15, 0.2) is 0 Å². The Morgan fingerprint density at radius 2 is 2.58 bits per heavy atom. The molecule has 1 radical (unpaired) electrons. The van der Waals surface area contributed by atoms with E-state index in [2.05, 4.69) is 16.4 Å². The average molecular weight is 165 g/mol. The molecule has 0 saturated carbocycles. The van der Waals surface area contributed by atoms with E-state index in [-0.39, 0.29) is 19.1 Å². The van der Waals surface area contributed by atoms with E-state index in [1.165, 1.54) is 12.3 Å². The maximum atomic E-state index is 11.1. The molecule has 0 aliphatic carbocycles. The Kier molecular flexibility index (Phi) is 3.22. The van der Waals surface area contributed by atoms with Gasteiger partial charge in [-0.3, -0.25) is 9.78 Å². The van der Waals surface area contributed by atoms with Crippen LogP contribution in [0.4, 0.5) is 0 Å². The molecule has 0 saturated heterocycles. The molecule has 0 bridgehead atoms.